The zero-order valence-electron chi connectivity index (χ0n) is 9.74. The second-order valence-electron chi connectivity index (χ2n) is 4.35. The predicted octanol–water partition coefficient (Wildman–Crippen LogP) is 0.324. The average molecular weight is 233 g/mol. The maximum absolute atomic E-state index is 9.15. The van der Waals surface area contributed by atoms with Gasteiger partial charge < -0.3 is 10.0 Å². The third kappa shape index (κ3) is 1.74. The molecule has 2 aromatic heterocycles. The maximum Gasteiger partial charge on any atom is 0.163 e. The monoisotopic (exact) mass is 233 g/mol. The van der Waals surface area contributed by atoms with Crippen LogP contribution in [0.5, 0.6) is 0 Å². The molecule has 0 amide bonds. The second-order valence-corrected chi connectivity index (χ2v) is 4.35. The molecule has 6 heteroatoms. The van der Waals surface area contributed by atoms with Crippen molar-refractivity contribution in [3.63, 3.8) is 0 Å². The Hall–Kier alpha value is -1.69. The van der Waals surface area contributed by atoms with E-state index in [2.05, 4.69) is 20.0 Å². The molecule has 0 atom stereocenters. The van der Waals surface area contributed by atoms with Crippen molar-refractivity contribution in [3.8, 4) is 0 Å². The second kappa shape index (κ2) is 3.96. The number of fused-ring (bicyclic) bond motifs is 1. The van der Waals surface area contributed by atoms with Gasteiger partial charge in [-0.25, -0.2) is 9.97 Å². The standard InChI is InChI=1S/C11H15N5O/c1-15-10-9(6-14-15)11(13-7-12-10)16(4-5-17)8-2-3-8/h6-8,17H,2-5H2,1H3. The zero-order valence-corrected chi connectivity index (χ0v) is 9.74. The number of anilines is 1. The largest absolute Gasteiger partial charge is 0.395 e. The fourth-order valence-electron chi connectivity index (χ4n) is 2.13. The van der Waals surface area contributed by atoms with Crippen molar-refractivity contribution in [1.29, 1.82) is 0 Å². The topological polar surface area (TPSA) is 67.1 Å². The van der Waals surface area contributed by atoms with E-state index >= 15 is 0 Å². The minimum atomic E-state index is 0.141. The van der Waals surface area contributed by atoms with E-state index in [1.807, 2.05) is 7.05 Å². The molecule has 0 bridgehead atoms. The Labute approximate surface area is 98.9 Å². The summed E-state index contributed by atoms with van der Waals surface area (Å²) in [6, 6.07) is 0.514. The van der Waals surface area contributed by atoms with Gasteiger partial charge in [0.05, 0.1) is 18.2 Å². The molecule has 1 fully saturated rings. The minimum Gasteiger partial charge on any atom is -0.395 e. The summed E-state index contributed by atoms with van der Waals surface area (Å²) in [7, 11) is 1.87. The first-order valence-corrected chi connectivity index (χ1v) is 5.81. The summed E-state index contributed by atoms with van der Waals surface area (Å²) >= 11 is 0. The summed E-state index contributed by atoms with van der Waals surface area (Å²) in [5.74, 6) is 0.889. The summed E-state index contributed by atoms with van der Waals surface area (Å²) < 4.78 is 1.74. The van der Waals surface area contributed by atoms with Gasteiger partial charge in [-0.3, -0.25) is 4.68 Å². The van der Waals surface area contributed by atoms with Gasteiger partial charge in [-0.1, -0.05) is 0 Å². The van der Waals surface area contributed by atoms with Gasteiger partial charge in [0.1, 0.15) is 12.1 Å². The van der Waals surface area contributed by atoms with Gasteiger partial charge in [-0.15, -0.1) is 0 Å². The molecular formula is C11H15N5O. The molecule has 0 radical (unpaired) electrons. The smallest absolute Gasteiger partial charge is 0.163 e. The van der Waals surface area contributed by atoms with Gasteiger partial charge in [-0.2, -0.15) is 5.10 Å². The van der Waals surface area contributed by atoms with E-state index in [1.54, 1.807) is 17.2 Å². The van der Waals surface area contributed by atoms with Crippen molar-refractivity contribution >= 4 is 16.9 Å². The third-order valence-electron chi connectivity index (χ3n) is 3.11. The highest BCUT2D eigenvalue weighted by molar-refractivity contribution is 5.86. The maximum atomic E-state index is 9.15. The highest BCUT2D eigenvalue weighted by Gasteiger charge is 2.31. The molecule has 0 aliphatic heterocycles. The number of nitrogens with zero attached hydrogens (tertiary/aromatic N) is 5. The third-order valence-corrected chi connectivity index (χ3v) is 3.11. The Morgan fingerprint density at radius 3 is 3.00 bits per heavy atom. The van der Waals surface area contributed by atoms with Crippen LogP contribution in [0.2, 0.25) is 0 Å². The predicted molar refractivity (Wildman–Crippen MR) is 63.8 cm³/mol. The van der Waals surface area contributed by atoms with E-state index in [0.717, 1.165) is 16.9 Å². The van der Waals surface area contributed by atoms with Crippen LogP contribution in [0.4, 0.5) is 5.82 Å². The van der Waals surface area contributed by atoms with Crippen molar-refractivity contribution < 1.29 is 5.11 Å². The summed E-state index contributed by atoms with van der Waals surface area (Å²) in [6.45, 7) is 0.758. The molecule has 3 rings (SSSR count). The molecule has 0 spiro atoms. The Morgan fingerprint density at radius 1 is 1.47 bits per heavy atom. The highest BCUT2D eigenvalue weighted by Crippen LogP contribution is 2.33. The van der Waals surface area contributed by atoms with Gasteiger partial charge in [-0.05, 0) is 12.8 Å². The SMILES string of the molecule is Cn1ncc2c(N(CCO)C3CC3)ncnc21. The van der Waals surface area contributed by atoms with Crippen molar-refractivity contribution in [1.82, 2.24) is 19.7 Å². The molecule has 1 aliphatic carbocycles. The van der Waals surface area contributed by atoms with Crippen LogP contribution in [0.15, 0.2) is 12.5 Å². The molecule has 1 N–H and O–H groups in total. The summed E-state index contributed by atoms with van der Waals surface area (Å²) in [4.78, 5) is 10.7. The lowest BCUT2D eigenvalue weighted by molar-refractivity contribution is 0.301. The van der Waals surface area contributed by atoms with Crippen LogP contribution in [0, 0.1) is 0 Å². The zero-order chi connectivity index (χ0) is 11.8. The number of rotatable bonds is 4. The van der Waals surface area contributed by atoms with Crippen molar-refractivity contribution in [2.45, 2.75) is 18.9 Å². The van der Waals surface area contributed by atoms with Gasteiger partial charge in [0.2, 0.25) is 0 Å². The van der Waals surface area contributed by atoms with E-state index in [-0.39, 0.29) is 6.61 Å². The van der Waals surface area contributed by atoms with Crippen LogP contribution < -0.4 is 4.90 Å². The van der Waals surface area contributed by atoms with Crippen LogP contribution in [-0.4, -0.2) is 44.0 Å². The molecule has 0 saturated heterocycles. The number of aliphatic hydroxyl groups excluding tert-OH is 1. The number of aryl methyl sites for hydroxylation is 1. The van der Waals surface area contributed by atoms with E-state index in [4.69, 9.17) is 5.11 Å². The van der Waals surface area contributed by atoms with Crippen LogP contribution >= 0.6 is 0 Å². The molecule has 2 heterocycles. The number of hydrogen-bond acceptors (Lipinski definition) is 5. The normalized spacial score (nSPS) is 15.4. The van der Waals surface area contributed by atoms with E-state index in [1.165, 1.54) is 12.8 Å². The van der Waals surface area contributed by atoms with Crippen molar-refractivity contribution in [2.24, 2.45) is 7.05 Å². The molecule has 90 valence electrons. The van der Waals surface area contributed by atoms with Crippen LogP contribution in [0.1, 0.15) is 12.8 Å². The molecular weight excluding hydrogens is 218 g/mol. The first-order valence-electron chi connectivity index (χ1n) is 5.81. The van der Waals surface area contributed by atoms with E-state index in [0.29, 0.717) is 12.6 Å². The number of hydrogen-bond donors (Lipinski definition) is 1. The number of aliphatic hydroxyl groups is 1. The Balaban J connectivity index is 2.08. The number of aromatic nitrogens is 4. The highest BCUT2D eigenvalue weighted by atomic mass is 16.3. The Bertz CT molecular complexity index is 534. The average Bonchev–Trinajstić information content (AvgIpc) is 3.11. The first-order chi connectivity index (χ1) is 8.31. The summed E-state index contributed by atoms with van der Waals surface area (Å²) in [5.41, 5.74) is 0.832. The molecule has 1 saturated carbocycles. The van der Waals surface area contributed by atoms with Crippen LogP contribution in [0.3, 0.4) is 0 Å². The molecule has 1 aliphatic rings. The Morgan fingerprint density at radius 2 is 2.29 bits per heavy atom. The van der Waals surface area contributed by atoms with Crippen molar-refractivity contribution in [3.05, 3.63) is 12.5 Å². The van der Waals surface area contributed by atoms with Crippen molar-refractivity contribution in [2.75, 3.05) is 18.1 Å². The Kier molecular flexibility index (Phi) is 2.44. The van der Waals surface area contributed by atoms with Gasteiger partial charge in [0.15, 0.2) is 5.65 Å². The fourth-order valence-corrected chi connectivity index (χ4v) is 2.13. The van der Waals surface area contributed by atoms with Gasteiger partial charge in [0, 0.05) is 19.6 Å². The lowest BCUT2D eigenvalue weighted by atomic mass is 10.3. The van der Waals surface area contributed by atoms with Crippen LogP contribution in [-0.2, 0) is 7.05 Å². The molecule has 0 aromatic carbocycles. The molecule has 6 nitrogen and oxygen atoms in total. The lowest BCUT2D eigenvalue weighted by Crippen LogP contribution is -2.29. The molecule has 2 aromatic rings. The lowest BCUT2D eigenvalue weighted by Gasteiger charge is -2.22. The minimum absolute atomic E-state index is 0.141. The van der Waals surface area contributed by atoms with E-state index < -0.39 is 0 Å². The van der Waals surface area contributed by atoms with Gasteiger partial charge >= 0.3 is 0 Å². The fraction of sp³-hybridized carbons (Fsp3) is 0.545. The quantitative estimate of drug-likeness (QED) is 0.824. The summed E-state index contributed by atoms with van der Waals surface area (Å²) in [6.07, 6.45) is 5.70. The molecule has 17 heavy (non-hydrogen) atoms. The van der Waals surface area contributed by atoms with E-state index in [9.17, 15) is 0 Å². The molecule has 0 unspecified atom stereocenters. The summed E-state index contributed by atoms with van der Waals surface area (Å²) in [5, 5.41) is 14.3. The van der Waals surface area contributed by atoms with Crippen LogP contribution in [0.25, 0.3) is 11.0 Å². The van der Waals surface area contributed by atoms with Gasteiger partial charge in [0.25, 0.3) is 0 Å². The first kappa shape index (κ1) is 10.5.